The van der Waals surface area contributed by atoms with E-state index >= 15 is 0 Å². The lowest BCUT2D eigenvalue weighted by atomic mass is 9.95. The van der Waals surface area contributed by atoms with E-state index in [9.17, 15) is 9.59 Å². The van der Waals surface area contributed by atoms with Crippen LogP contribution in [0.1, 0.15) is 23.3 Å². The third-order valence-electron chi connectivity index (χ3n) is 4.74. The van der Waals surface area contributed by atoms with Crippen molar-refractivity contribution in [1.82, 2.24) is 4.90 Å². The average Bonchev–Trinajstić information content (AvgIpc) is 3.15. The number of nitrogens with one attached hydrogen (secondary N) is 1. The molecule has 3 rings (SSSR count). The molecular weight excluding hydrogens is 348 g/mol. The van der Waals surface area contributed by atoms with Gasteiger partial charge in [0.2, 0.25) is 11.8 Å². The molecule has 0 saturated carbocycles. The molecule has 6 heteroatoms. The molecule has 1 N–H and O–H groups in total. The predicted molar refractivity (Wildman–Crippen MR) is 104 cm³/mol. The lowest BCUT2D eigenvalue weighted by Crippen LogP contribution is -2.42. The van der Waals surface area contributed by atoms with Crippen molar-refractivity contribution in [3.05, 3.63) is 46.2 Å². The van der Waals surface area contributed by atoms with Crippen molar-refractivity contribution in [3.63, 3.8) is 0 Å². The van der Waals surface area contributed by atoms with Crippen molar-refractivity contribution in [1.29, 1.82) is 0 Å². The Morgan fingerprint density at radius 1 is 1.27 bits per heavy atom. The van der Waals surface area contributed by atoms with Gasteiger partial charge in [0, 0.05) is 23.9 Å². The maximum atomic E-state index is 12.6. The second-order valence-electron chi connectivity index (χ2n) is 6.60. The Kier molecular flexibility index (Phi) is 5.93. The van der Waals surface area contributed by atoms with Crippen LogP contribution in [-0.4, -0.2) is 36.9 Å². The fourth-order valence-electron chi connectivity index (χ4n) is 3.22. The van der Waals surface area contributed by atoms with E-state index in [1.807, 2.05) is 47.5 Å². The van der Waals surface area contributed by atoms with E-state index in [4.69, 9.17) is 4.74 Å². The number of piperidine rings is 1. The van der Waals surface area contributed by atoms with Gasteiger partial charge in [-0.15, -0.1) is 11.3 Å². The SMILES string of the molecule is COc1ccc(C)cc1NC(=O)C1CCN(C(=O)Cc2cccs2)CC1. The third kappa shape index (κ3) is 4.43. The quantitative estimate of drug-likeness (QED) is 0.874. The highest BCUT2D eigenvalue weighted by atomic mass is 32.1. The van der Waals surface area contributed by atoms with E-state index in [1.165, 1.54) is 0 Å². The average molecular weight is 372 g/mol. The number of anilines is 1. The maximum Gasteiger partial charge on any atom is 0.227 e. The molecule has 0 radical (unpaired) electrons. The van der Waals surface area contributed by atoms with Gasteiger partial charge < -0.3 is 15.0 Å². The number of nitrogens with zero attached hydrogens (tertiary/aromatic N) is 1. The molecule has 5 nitrogen and oxygen atoms in total. The summed E-state index contributed by atoms with van der Waals surface area (Å²) >= 11 is 1.60. The number of carbonyl (C=O) groups excluding carboxylic acids is 2. The number of benzene rings is 1. The summed E-state index contributed by atoms with van der Waals surface area (Å²) < 4.78 is 5.32. The van der Waals surface area contributed by atoms with Gasteiger partial charge in [0.25, 0.3) is 0 Å². The highest BCUT2D eigenvalue weighted by Gasteiger charge is 2.27. The maximum absolute atomic E-state index is 12.6. The zero-order valence-electron chi connectivity index (χ0n) is 15.2. The molecule has 1 aliphatic rings. The lowest BCUT2D eigenvalue weighted by Gasteiger charge is -2.31. The summed E-state index contributed by atoms with van der Waals surface area (Å²) in [6, 6.07) is 9.67. The van der Waals surface area contributed by atoms with Crippen LogP contribution in [0.15, 0.2) is 35.7 Å². The Bertz CT molecular complexity index is 765. The minimum absolute atomic E-state index is 0.000689. The van der Waals surface area contributed by atoms with E-state index in [-0.39, 0.29) is 17.7 Å². The van der Waals surface area contributed by atoms with Crippen LogP contribution in [0.25, 0.3) is 0 Å². The number of rotatable bonds is 5. The van der Waals surface area contributed by atoms with Crippen LogP contribution in [0.5, 0.6) is 5.75 Å². The molecule has 2 heterocycles. The summed E-state index contributed by atoms with van der Waals surface area (Å²) in [4.78, 5) is 27.9. The molecule has 0 aliphatic carbocycles. The van der Waals surface area contributed by atoms with Crippen molar-refractivity contribution < 1.29 is 14.3 Å². The number of hydrogen-bond donors (Lipinski definition) is 1. The van der Waals surface area contributed by atoms with Crippen molar-refractivity contribution in [3.8, 4) is 5.75 Å². The van der Waals surface area contributed by atoms with E-state index in [0.717, 1.165) is 10.4 Å². The molecule has 1 aliphatic heterocycles. The molecule has 1 saturated heterocycles. The first-order valence-corrected chi connectivity index (χ1v) is 9.70. The molecule has 0 spiro atoms. The zero-order chi connectivity index (χ0) is 18.5. The Balaban J connectivity index is 1.54. The van der Waals surface area contributed by atoms with Gasteiger partial charge in [0.05, 0.1) is 19.2 Å². The third-order valence-corrected chi connectivity index (χ3v) is 5.61. The first kappa shape index (κ1) is 18.5. The van der Waals surface area contributed by atoms with Gasteiger partial charge in [-0.2, -0.15) is 0 Å². The number of hydrogen-bond acceptors (Lipinski definition) is 4. The predicted octanol–water partition coefficient (Wildman–Crippen LogP) is 3.48. The summed E-state index contributed by atoms with van der Waals surface area (Å²) in [7, 11) is 1.60. The lowest BCUT2D eigenvalue weighted by molar-refractivity contribution is -0.133. The largest absolute Gasteiger partial charge is 0.495 e. The fraction of sp³-hybridized carbons (Fsp3) is 0.400. The van der Waals surface area contributed by atoms with Gasteiger partial charge >= 0.3 is 0 Å². The normalized spacial score (nSPS) is 14.9. The van der Waals surface area contributed by atoms with Crippen molar-refractivity contribution in [2.45, 2.75) is 26.2 Å². The van der Waals surface area contributed by atoms with Gasteiger partial charge in [-0.3, -0.25) is 9.59 Å². The van der Waals surface area contributed by atoms with Gasteiger partial charge in [-0.25, -0.2) is 0 Å². The number of thiophene rings is 1. The zero-order valence-corrected chi connectivity index (χ0v) is 16.0. The number of aryl methyl sites for hydroxylation is 1. The molecule has 138 valence electrons. The summed E-state index contributed by atoms with van der Waals surface area (Å²) in [5.41, 5.74) is 1.77. The Hall–Kier alpha value is -2.34. The second-order valence-corrected chi connectivity index (χ2v) is 7.64. The van der Waals surface area contributed by atoms with Crippen LogP contribution in [0.4, 0.5) is 5.69 Å². The van der Waals surface area contributed by atoms with E-state index in [1.54, 1.807) is 18.4 Å². The standard InChI is InChI=1S/C20H24N2O3S/c1-14-5-6-18(25-2)17(12-14)21-20(24)15-7-9-22(10-8-15)19(23)13-16-4-3-11-26-16/h3-6,11-12,15H,7-10,13H2,1-2H3,(H,21,24). The van der Waals surface area contributed by atoms with Crippen LogP contribution in [-0.2, 0) is 16.0 Å². The molecule has 0 bridgehead atoms. The van der Waals surface area contributed by atoms with Crippen LogP contribution >= 0.6 is 11.3 Å². The van der Waals surface area contributed by atoms with Crippen molar-refractivity contribution in [2.24, 2.45) is 5.92 Å². The van der Waals surface area contributed by atoms with E-state index in [2.05, 4.69) is 5.32 Å². The smallest absolute Gasteiger partial charge is 0.227 e. The minimum Gasteiger partial charge on any atom is -0.495 e. The van der Waals surface area contributed by atoms with Crippen LogP contribution in [0.3, 0.4) is 0 Å². The summed E-state index contributed by atoms with van der Waals surface area (Å²) in [5.74, 6) is 0.726. The number of likely N-dealkylation sites (tertiary alicyclic amines) is 1. The number of methoxy groups -OCH3 is 1. The number of amides is 2. The molecule has 26 heavy (non-hydrogen) atoms. The minimum atomic E-state index is -0.0778. The Morgan fingerprint density at radius 3 is 2.69 bits per heavy atom. The monoisotopic (exact) mass is 372 g/mol. The summed E-state index contributed by atoms with van der Waals surface area (Å²) in [5, 5.41) is 4.97. The van der Waals surface area contributed by atoms with Crippen molar-refractivity contribution >= 4 is 28.8 Å². The number of ether oxygens (including phenoxy) is 1. The van der Waals surface area contributed by atoms with Crippen LogP contribution in [0.2, 0.25) is 0 Å². The summed E-state index contributed by atoms with van der Waals surface area (Å²) in [6.45, 7) is 3.24. The Labute approximate surface area is 158 Å². The molecule has 1 fully saturated rings. The first-order valence-electron chi connectivity index (χ1n) is 8.82. The molecule has 0 atom stereocenters. The van der Waals surface area contributed by atoms with E-state index < -0.39 is 0 Å². The van der Waals surface area contributed by atoms with Gasteiger partial charge in [0.1, 0.15) is 5.75 Å². The highest BCUT2D eigenvalue weighted by molar-refractivity contribution is 7.10. The van der Waals surface area contributed by atoms with Crippen LogP contribution < -0.4 is 10.1 Å². The fourth-order valence-corrected chi connectivity index (χ4v) is 3.92. The van der Waals surface area contributed by atoms with Gasteiger partial charge in [-0.1, -0.05) is 12.1 Å². The molecule has 1 aromatic heterocycles. The molecule has 2 amide bonds. The summed E-state index contributed by atoms with van der Waals surface area (Å²) in [6.07, 6.45) is 1.83. The molecular formula is C20H24N2O3S. The van der Waals surface area contributed by atoms with Gasteiger partial charge in [0.15, 0.2) is 0 Å². The van der Waals surface area contributed by atoms with E-state index in [0.29, 0.717) is 43.8 Å². The second kappa shape index (κ2) is 8.36. The molecule has 1 aromatic carbocycles. The Morgan fingerprint density at radius 2 is 2.04 bits per heavy atom. The topological polar surface area (TPSA) is 58.6 Å². The molecule has 2 aromatic rings. The highest BCUT2D eigenvalue weighted by Crippen LogP contribution is 2.27. The van der Waals surface area contributed by atoms with Crippen LogP contribution in [0, 0.1) is 12.8 Å². The van der Waals surface area contributed by atoms with Crippen molar-refractivity contribution in [2.75, 3.05) is 25.5 Å². The first-order chi connectivity index (χ1) is 12.6. The van der Waals surface area contributed by atoms with Gasteiger partial charge in [-0.05, 0) is 48.9 Å². The molecule has 0 unspecified atom stereocenters. The number of carbonyl (C=O) groups is 2.